The van der Waals surface area contributed by atoms with Crippen LogP contribution in [0.3, 0.4) is 0 Å². The van der Waals surface area contributed by atoms with E-state index in [1.54, 1.807) is 0 Å². The maximum atomic E-state index is 2.22. The van der Waals surface area contributed by atoms with Crippen LogP contribution in [-0.4, -0.2) is 5.75 Å². The molecule has 2 aromatic carbocycles. The molecule has 0 N–H and O–H groups in total. The second kappa shape index (κ2) is 6.31. The second-order valence-electron chi connectivity index (χ2n) is 3.88. The van der Waals surface area contributed by atoms with E-state index in [4.69, 9.17) is 0 Å². The van der Waals surface area contributed by atoms with Crippen LogP contribution in [0.15, 0.2) is 65.6 Å². The molecule has 0 bridgehead atoms. The molecule has 0 heterocycles. The first-order chi connectivity index (χ1) is 8.36. The molecule has 0 aliphatic heterocycles. The van der Waals surface area contributed by atoms with E-state index < -0.39 is 0 Å². The van der Waals surface area contributed by atoms with Gasteiger partial charge in [0, 0.05) is 10.6 Å². The molecule has 0 aliphatic carbocycles. The highest BCUT2D eigenvalue weighted by Gasteiger charge is 1.91. The summed E-state index contributed by atoms with van der Waals surface area (Å²) >= 11 is 1.86. The Balaban J connectivity index is 1.89. The highest BCUT2D eigenvalue weighted by Crippen LogP contribution is 2.17. The molecule has 0 unspecified atom stereocenters. The van der Waals surface area contributed by atoms with Gasteiger partial charge in [-0.05, 0) is 30.2 Å². The molecular formula is C16H16S. The molecule has 0 atom stereocenters. The number of hydrogen-bond donors (Lipinski definition) is 0. The summed E-state index contributed by atoms with van der Waals surface area (Å²) in [6, 6.07) is 18.9. The fourth-order valence-corrected chi connectivity index (χ4v) is 2.34. The minimum atomic E-state index is 1.01. The predicted molar refractivity (Wildman–Crippen MR) is 77.4 cm³/mol. The van der Waals surface area contributed by atoms with Crippen molar-refractivity contribution in [1.29, 1.82) is 0 Å². The maximum Gasteiger partial charge on any atom is 0.0164 e. The fraction of sp³-hybridized carbons (Fsp3) is 0.125. The summed E-state index contributed by atoms with van der Waals surface area (Å²) in [4.78, 5) is 1.32. The zero-order valence-corrected chi connectivity index (χ0v) is 10.8. The first-order valence-electron chi connectivity index (χ1n) is 5.76. The number of benzene rings is 2. The molecular weight excluding hydrogens is 224 g/mol. The van der Waals surface area contributed by atoms with Crippen LogP contribution >= 0.6 is 11.8 Å². The topological polar surface area (TPSA) is 0 Å². The summed E-state index contributed by atoms with van der Waals surface area (Å²) in [6.45, 7) is 2.14. The predicted octanol–water partition coefficient (Wildman–Crippen LogP) is 4.80. The van der Waals surface area contributed by atoms with Gasteiger partial charge in [-0.2, -0.15) is 0 Å². The first-order valence-corrected chi connectivity index (χ1v) is 6.75. The Morgan fingerprint density at radius 3 is 2.41 bits per heavy atom. The van der Waals surface area contributed by atoms with Crippen molar-refractivity contribution in [2.45, 2.75) is 11.8 Å². The standard InChI is InChI=1S/C16H16S/c1-14-8-5-6-9-15(14)10-7-13-17-16-11-3-2-4-12-16/h2-12H,13H2,1H3/b10-7+. The number of thioether (sulfide) groups is 1. The monoisotopic (exact) mass is 240 g/mol. The third-order valence-electron chi connectivity index (χ3n) is 2.58. The Hall–Kier alpha value is -1.47. The quantitative estimate of drug-likeness (QED) is 0.692. The van der Waals surface area contributed by atoms with Crippen molar-refractivity contribution in [2.75, 3.05) is 5.75 Å². The lowest BCUT2D eigenvalue weighted by Crippen LogP contribution is -1.79. The summed E-state index contributed by atoms with van der Waals surface area (Å²) in [7, 11) is 0. The van der Waals surface area contributed by atoms with Crippen LogP contribution in [0.1, 0.15) is 11.1 Å². The van der Waals surface area contributed by atoms with Gasteiger partial charge in [-0.25, -0.2) is 0 Å². The van der Waals surface area contributed by atoms with Gasteiger partial charge in [0.15, 0.2) is 0 Å². The average molecular weight is 240 g/mol. The average Bonchev–Trinajstić information content (AvgIpc) is 2.38. The van der Waals surface area contributed by atoms with E-state index in [1.165, 1.54) is 16.0 Å². The van der Waals surface area contributed by atoms with Crippen molar-refractivity contribution in [2.24, 2.45) is 0 Å². The highest BCUT2D eigenvalue weighted by atomic mass is 32.2. The van der Waals surface area contributed by atoms with Crippen LogP contribution < -0.4 is 0 Å². The first kappa shape index (κ1) is 12.0. The molecule has 2 aromatic rings. The van der Waals surface area contributed by atoms with Crippen LogP contribution in [0.25, 0.3) is 6.08 Å². The second-order valence-corrected chi connectivity index (χ2v) is 4.98. The van der Waals surface area contributed by atoms with Gasteiger partial charge >= 0.3 is 0 Å². The van der Waals surface area contributed by atoms with Crippen molar-refractivity contribution in [1.82, 2.24) is 0 Å². The van der Waals surface area contributed by atoms with E-state index in [2.05, 4.69) is 67.6 Å². The van der Waals surface area contributed by atoms with Crippen LogP contribution in [0.5, 0.6) is 0 Å². The zero-order valence-electron chi connectivity index (χ0n) is 9.97. The Kier molecular flexibility index (Phi) is 4.45. The fourth-order valence-electron chi connectivity index (χ4n) is 1.61. The Morgan fingerprint density at radius 1 is 0.941 bits per heavy atom. The third kappa shape index (κ3) is 3.79. The van der Waals surface area contributed by atoms with E-state index in [-0.39, 0.29) is 0 Å². The molecule has 0 aliphatic rings. The van der Waals surface area contributed by atoms with Crippen molar-refractivity contribution >= 4 is 17.8 Å². The van der Waals surface area contributed by atoms with Crippen LogP contribution in [0, 0.1) is 6.92 Å². The number of hydrogen-bond acceptors (Lipinski definition) is 1. The van der Waals surface area contributed by atoms with Gasteiger partial charge < -0.3 is 0 Å². The summed E-state index contributed by atoms with van der Waals surface area (Å²) in [5.41, 5.74) is 2.63. The maximum absolute atomic E-state index is 2.22. The van der Waals surface area contributed by atoms with E-state index in [0.29, 0.717) is 0 Å². The van der Waals surface area contributed by atoms with E-state index >= 15 is 0 Å². The molecule has 1 heteroatoms. The molecule has 0 saturated carbocycles. The van der Waals surface area contributed by atoms with Gasteiger partial charge in [-0.3, -0.25) is 0 Å². The van der Waals surface area contributed by atoms with Gasteiger partial charge in [-0.1, -0.05) is 54.6 Å². The lowest BCUT2D eigenvalue weighted by atomic mass is 10.1. The molecule has 0 fully saturated rings. The Bertz CT molecular complexity index is 486. The van der Waals surface area contributed by atoms with Gasteiger partial charge in [0.1, 0.15) is 0 Å². The minimum Gasteiger partial charge on any atom is -0.122 e. The minimum absolute atomic E-state index is 1.01. The van der Waals surface area contributed by atoms with Crippen molar-refractivity contribution in [3.63, 3.8) is 0 Å². The normalized spacial score (nSPS) is 10.9. The van der Waals surface area contributed by atoms with Crippen molar-refractivity contribution < 1.29 is 0 Å². The highest BCUT2D eigenvalue weighted by molar-refractivity contribution is 7.99. The summed E-state index contributed by atoms with van der Waals surface area (Å²) in [5.74, 6) is 1.01. The molecule has 0 saturated heterocycles. The molecule has 0 radical (unpaired) electrons. The molecule has 0 aromatic heterocycles. The molecule has 2 rings (SSSR count). The molecule has 86 valence electrons. The van der Waals surface area contributed by atoms with Crippen LogP contribution in [-0.2, 0) is 0 Å². The smallest absolute Gasteiger partial charge is 0.0164 e. The van der Waals surface area contributed by atoms with Gasteiger partial charge in [0.2, 0.25) is 0 Å². The van der Waals surface area contributed by atoms with E-state index in [9.17, 15) is 0 Å². The molecule has 0 amide bonds. The SMILES string of the molecule is Cc1ccccc1/C=C/CSc1ccccc1. The van der Waals surface area contributed by atoms with Crippen molar-refractivity contribution in [3.05, 3.63) is 71.8 Å². The Labute approximate surface area is 107 Å². The lowest BCUT2D eigenvalue weighted by molar-refractivity contribution is 1.44. The molecule has 0 nitrogen and oxygen atoms in total. The summed E-state index contributed by atoms with van der Waals surface area (Å²) in [5, 5.41) is 0. The van der Waals surface area contributed by atoms with Crippen LogP contribution in [0.2, 0.25) is 0 Å². The van der Waals surface area contributed by atoms with E-state index in [1.807, 2.05) is 17.8 Å². The molecule has 17 heavy (non-hydrogen) atoms. The van der Waals surface area contributed by atoms with E-state index in [0.717, 1.165) is 5.75 Å². The third-order valence-corrected chi connectivity index (χ3v) is 3.54. The number of rotatable bonds is 4. The van der Waals surface area contributed by atoms with Crippen LogP contribution in [0.4, 0.5) is 0 Å². The van der Waals surface area contributed by atoms with Gasteiger partial charge in [0.05, 0.1) is 0 Å². The van der Waals surface area contributed by atoms with Crippen molar-refractivity contribution in [3.8, 4) is 0 Å². The summed E-state index contributed by atoms with van der Waals surface area (Å²) < 4.78 is 0. The Morgan fingerprint density at radius 2 is 1.65 bits per heavy atom. The van der Waals surface area contributed by atoms with Gasteiger partial charge in [-0.15, -0.1) is 11.8 Å². The largest absolute Gasteiger partial charge is 0.122 e. The summed E-state index contributed by atoms with van der Waals surface area (Å²) in [6.07, 6.45) is 4.42. The van der Waals surface area contributed by atoms with Gasteiger partial charge in [0.25, 0.3) is 0 Å². The lowest BCUT2D eigenvalue weighted by Gasteiger charge is -1.99. The zero-order chi connectivity index (χ0) is 11.9. The number of aryl methyl sites for hydroxylation is 1. The molecule has 0 spiro atoms.